The lowest BCUT2D eigenvalue weighted by molar-refractivity contribution is -0.122. The summed E-state index contributed by atoms with van der Waals surface area (Å²) in [6.45, 7) is -1.38. The Labute approximate surface area is 141 Å². The summed E-state index contributed by atoms with van der Waals surface area (Å²) in [5.74, 6) is -0.760. The van der Waals surface area contributed by atoms with Crippen molar-refractivity contribution in [3.8, 4) is 5.75 Å². The third-order valence-electron chi connectivity index (χ3n) is 3.13. The van der Waals surface area contributed by atoms with Crippen LogP contribution in [0.5, 0.6) is 5.75 Å². The fourth-order valence-corrected chi connectivity index (χ4v) is 2.56. The van der Waals surface area contributed by atoms with E-state index < -0.39 is 18.6 Å². The lowest BCUT2D eigenvalue weighted by Gasteiger charge is -2.15. The van der Waals surface area contributed by atoms with Gasteiger partial charge in [0, 0.05) is 12.1 Å². The Kier molecular flexibility index (Phi) is 6.25. The number of carbonyl (C=O) groups excluding carboxylic acids is 2. The van der Waals surface area contributed by atoms with Gasteiger partial charge < -0.3 is 15.4 Å². The van der Waals surface area contributed by atoms with E-state index in [1.54, 1.807) is 42.6 Å². The molecule has 0 bridgehead atoms. The summed E-state index contributed by atoms with van der Waals surface area (Å²) < 4.78 is 29.1. The summed E-state index contributed by atoms with van der Waals surface area (Å²) in [6.07, 6.45) is 0. The zero-order valence-electron chi connectivity index (χ0n) is 12.8. The van der Waals surface area contributed by atoms with Crippen LogP contribution >= 0.6 is 11.3 Å². The molecule has 8 heteroatoms. The molecule has 0 radical (unpaired) electrons. The zero-order valence-corrected chi connectivity index (χ0v) is 13.6. The second-order valence-electron chi connectivity index (χ2n) is 4.88. The number of carbonyl (C=O) groups is 2. The molecular formula is C16H16F2N2O3S. The second kappa shape index (κ2) is 8.39. The SMILES string of the molecule is CC(NC(=O)c1cccs1)C(=O)NCc1ccccc1OC(F)F. The highest BCUT2D eigenvalue weighted by molar-refractivity contribution is 7.12. The van der Waals surface area contributed by atoms with Crippen LogP contribution in [0.2, 0.25) is 0 Å². The van der Waals surface area contributed by atoms with E-state index in [0.717, 1.165) is 0 Å². The summed E-state index contributed by atoms with van der Waals surface area (Å²) in [4.78, 5) is 24.4. The van der Waals surface area contributed by atoms with Crippen LogP contribution in [0.3, 0.4) is 0 Å². The number of hydrogen-bond acceptors (Lipinski definition) is 4. The number of hydrogen-bond donors (Lipinski definition) is 2. The molecule has 5 nitrogen and oxygen atoms in total. The molecule has 1 heterocycles. The molecule has 0 saturated carbocycles. The van der Waals surface area contributed by atoms with Gasteiger partial charge in [0.05, 0.1) is 4.88 Å². The summed E-state index contributed by atoms with van der Waals surface area (Å²) in [6, 6.07) is 8.83. The molecule has 0 aliphatic heterocycles. The van der Waals surface area contributed by atoms with Gasteiger partial charge in [-0.2, -0.15) is 8.78 Å². The fourth-order valence-electron chi connectivity index (χ4n) is 1.94. The van der Waals surface area contributed by atoms with E-state index in [9.17, 15) is 18.4 Å². The van der Waals surface area contributed by atoms with Gasteiger partial charge in [0.15, 0.2) is 0 Å². The van der Waals surface area contributed by atoms with Crippen LogP contribution in [0.25, 0.3) is 0 Å². The molecule has 2 N–H and O–H groups in total. The predicted molar refractivity (Wildman–Crippen MR) is 86.2 cm³/mol. The van der Waals surface area contributed by atoms with E-state index in [4.69, 9.17) is 0 Å². The Morgan fingerprint density at radius 3 is 2.62 bits per heavy atom. The molecule has 1 unspecified atom stereocenters. The Balaban J connectivity index is 1.90. The normalized spacial score (nSPS) is 11.8. The molecule has 2 aromatic rings. The molecule has 0 saturated heterocycles. The number of thiophene rings is 1. The van der Waals surface area contributed by atoms with Crippen molar-refractivity contribution in [2.45, 2.75) is 26.1 Å². The van der Waals surface area contributed by atoms with Crippen molar-refractivity contribution in [1.29, 1.82) is 0 Å². The number of nitrogens with one attached hydrogen (secondary N) is 2. The van der Waals surface area contributed by atoms with Crippen LogP contribution < -0.4 is 15.4 Å². The van der Waals surface area contributed by atoms with Gasteiger partial charge in [-0.1, -0.05) is 24.3 Å². The monoisotopic (exact) mass is 354 g/mol. The number of halogens is 2. The molecule has 0 aliphatic rings. The van der Waals surface area contributed by atoms with Crippen molar-refractivity contribution in [3.63, 3.8) is 0 Å². The van der Waals surface area contributed by atoms with E-state index >= 15 is 0 Å². The maximum Gasteiger partial charge on any atom is 0.387 e. The number of amides is 2. The van der Waals surface area contributed by atoms with Crippen molar-refractivity contribution in [2.75, 3.05) is 0 Å². The standard InChI is InChI=1S/C16H16F2N2O3S/c1-10(20-15(22)13-7-4-8-24-13)14(21)19-9-11-5-2-3-6-12(11)23-16(17)18/h2-8,10,16H,9H2,1H3,(H,19,21)(H,20,22). The van der Waals surface area contributed by atoms with Gasteiger partial charge in [0.1, 0.15) is 11.8 Å². The molecular weight excluding hydrogens is 338 g/mol. The molecule has 0 spiro atoms. The third-order valence-corrected chi connectivity index (χ3v) is 4.00. The highest BCUT2D eigenvalue weighted by Crippen LogP contribution is 2.19. The van der Waals surface area contributed by atoms with Crippen LogP contribution in [0.1, 0.15) is 22.2 Å². The van der Waals surface area contributed by atoms with Gasteiger partial charge in [-0.3, -0.25) is 9.59 Å². The van der Waals surface area contributed by atoms with Crippen molar-refractivity contribution in [1.82, 2.24) is 10.6 Å². The van der Waals surface area contributed by atoms with Gasteiger partial charge in [-0.25, -0.2) is 0 Å². The first-order valence-electron chi connectivity index (χ1n) is 7.12. The number of rotatable bonds is 7. The molecule has 1 atom stereocenters. The van der Waals surface area contributed by atoms with Gasteiger partial charge >= 0.3 is 6.61 Å². The summed E-state index contributed by atoms with van der Waals surface area (Å²) in [7, 11) is 0. The average molecular weight is 354 g/mol. The molecule has 1 aromatic heterocycles. The largest absolute Gasteiger partial charge is 0.434 e. The molecule has 2 amide bonds. The van der Waals surface area contributed by atoms with E-state index in [0.29, 0.717) is 10.4 Å². The maximum atomic E-state index is 12.3. The van der Waals surface area contributed by atoms with E-state index in [-0.39, 0.29) is 18.2 Å². The Morgan fingerprint density at radius 2 is 1.96 bits per heavy atom. The maximum absolute atomic E-state index is 12.3. The minimum absolute atomic E-state index is 0.00285. The molecule has 1 aromatic carbocycles. The fraction of sp³-hybridized carbons (Fsp3) is 0.250. The summed E-state index contributed by atoms with van der Waals surface area (Å²) >= 11 is 1.27. The Hall–Kier alpha value is -2.48. The number of para-hydroxylation sites is 1. The zero-order chi connectivity index (χ0) is 17.5. The van der Waals surface area contributed by atoms with Crippen molar-refractivity contribution in [3.05, 3.63) is 52.2 Å². The first-order valence-corrected chi connectivity index (χ1v) is 8.00. The Bertz CT molecular complexity index is 692. The quantitative estimate of drug-likeness (QED) is 0.803. The lowest BCUT2D eigenvalue weighted by Crippen LogP contribution is -2.44. The van der Waals surface area contributed by atoms with Crippen LogP contribution in [-0.2, 0) is 11.3 Å². The average Bonchev–Trinajstić information content (AvgIpc) is 3.07. The topological polar surface area (TPSA) is 67.4 Å². The van der Waals surface area contributed by atoms with E-state index in [1.807, 2.05) is 0 Å². The number of alkyl halides is 2. The van der Waals surface area contributed by atoms with E-state index in [1.165, 1.54) is 17.4 Å². The highest BCUT2D eigenvalue weighted by atomic mass is 32.1. The van der Waals surface area contributed by atoms with Gasteiger partial charge in [-0.15, -0.1) is 11.3 Å². The first kappa shape index (κ1) is 17.9. The second-order valence-corrected chi connectivity index (χ2v) is 5.82. The van der Waals surface area contributed by atoms with Gasteiger partial charge in [0.2, 0.25) is 5.91 Å². The third kappa shape index (κ3) is 5.02. The van der Waals surface area contributed by atoms with E-state index in [2.05, 4.69) is 15.4 Å². The molecule has 24 heavy (non-hydrogen) atoms. The molecule has 0 aliphatic carbocycles. The molecule has 0 fully saturated rings. The number of benzene rings is 1. The minimum atomic E-state index is -2.94. The first-order chi connectivity index (χ1) is 11.5. The van der Waals surface area contributed by atoms with Gasteiger partial charge in [-0.05, 0) is 24.4 Å². The van der Waals surface area contributed by atoms with Crippen LogP contribution in [0.15, 0.2) is 41.8 Å². The summed E-state index contributed by atoms with van der Waals surface area (Å²) in [5, 5.41) is 6.92. The van der Waals surface area contributed by atoms with Gasteiger partial charge in [0.25, 0.3) is 5.91 Å². The van der Waals surface area contributed by atoms with Crippen LogP contribution in [0, 0.1) is 0 Å². The van der Waals surface area contributed by atoms with Crippen LogP contribution in [0.4, 0.5) is 8.78 Å². The smallest absolute Gasteiger partial charge is 0.387 e. The lowest BCUT2D eigenvalue weighted by atomic mass is 10.2. The Morgan fingerprint density at radius 1 is 1.21 bits per heavy atom. The summed E-state index contributed by atoms with van der Waals surface area (Å²) in [5.41, 5.74) is 0.419. The minimum Gasteiger partial charge on any atom is -0.434 e. The van der Waals surface area contributed by atoms with Crippen molar-refractivity contribution < 1.29 is 23.1 Å². The van der Waals surface area contributed by atoms with Crippen molar-refractivity contribution >= 4 is 23.2 Å². The highest BCUT2D eigenvalue weighted by Gasteiger charge is 2.17. The predicted octanol–water partition coefficient (Wildman–Crippen LogP) is 2.78. The molecule has 128 valence electrons. The van der Waals surface area contributed by atoms with Crippen LogP contribution in [-0.4, -0.2) is 24.5 Å². The van der Waals surface area contributed by atoms with Crippen molar-refractivity contribution in [2.24, 2.45) is 0 Å². The number of ether oxygens (including phenoxy) is 1. The molecule has 2 rings (SSSR count).